The molecule has 0 aromatic carbocycles. The van der Waals surface area contributed by atoms with Crippen molar-refractivity contribution in [1.29, 1.82) is 0 Å². The van der Waals surface area contributed by atoms with Gasteiger partial charge < -0.3 is 5.11 Å². The van der Waals surface area contributed by atoms with Gasteiger partial charge in [-0.25, -0.2) is 0 Å². The van der Waals surface area contributed by atoms with Crippen molar-refractivity contribution < 1.29 is 5.11 Å². The van der Waals surface area contributed by atoms with Crippen LogP contribution in [0.5, 0.6) is 0 Å². The van der Waals surface area contributed by atoms with Crippen LogP contribution < -0.4 is 0 Å². The lowest BCUT2D eigenvalue weighted by molar-refractivity contribution is -0.360. The van der Waals surface area contributed by atoms with Crippen LogP contribution in [0.15, 0.2) is 0 Å². The predicted octanol–water partition coefficient (Wildman–Crippen LogP) is 6.11. The van der Waals surface area contributed by atoms with E-state index in [1.54, 1.807) is 32.1 Å². The summed E-state index contributed by atoms with van der Waals surface area (Å²) in [6.07, 6.45) is 12.0. The minimum atomic E-state index is 0.430. The van der Waals surface area contributed by atoms with Crippen LogP contribution in [0.1, 0.15) is 72.1 Å². The van der Waals surface area contributed by atoms with E-state index in [4.69, 9.17) is 0 Å². The summed E-state index contributed by atoms with van der Waals surface area (Å²) in [7, 11) is 0. The molecular formula is C28H44O. The largest absolute Gasteiger partial charge is 0.396 e. The van der Waals surface area contributed by atoms with E-state index in [9.17, 15) is 5.11 Å². The molecule has 0 radical (unpaired) electrons. The van der Waals surface area contributed by atoms with Crippen molar-refractivity contribution in [3.8, 4) is 0 Å². The molecule has 1 N–H and O–H groups in total. The zero-order valence-electron chi connectivity index (χ0n) is 19.0. The van der Waals surface area contributed by atoms with Crippen molar-refractivity contribution in [3.05, 3.63) is 0 Å². The summed E-state index contributed by atoms with van der Waals surface area (Å²) in [6, 6.07) is 0. The van der Waals surface area contributed by atoms with Gasteiger partial charge >= 0.3 is 0 Å². The second-order valence-electron chi connectivity index (χ2n) is 13.3. The zero-order valence-corrected chi connectivity index (χ0v) is 19.0. The lowest BCUT2D eigenvalue weighted by atomic mass is 9.21. The van der Waals surface area contributed by atoms with E-state index in [1.165, 1.54) is 54.3 Å². The van der Waals surface area contributed by atoms with Crippen LogP contribution >= 0.6 is 0 Å². The molecule has 0 saturated heterocycles. The van der Waals surface area contributed by atoms with Crippen molar-refractivity contribution in [1.82, 2.24) is 0 Å². The summed E-state index contributed by atoms with van der Waals surface area (Å²) in [5, 5.41) is 9.81. The fourth-order valence-corrected chi connectivity index (χ4v) is 11.7. The SMILES string of the molecule is CCC(C(C)C)C1C(CCO)C2C(C3CC4C3C3C5C(C6CCC6)CC5C43)CC12. The van der Waals surface area contributed by atoms with Gasteiger partial charge in [-0.1, -0.05) is 46.5 Å². The normalized spacial score (nSPS) is 59.7. The van der Waals surface area contributed by atoms with Gasteiger partial charge in [0.15, 0.2) is 0 Å². The van der Waals surface area contributed by atoms with E-state index in [0.29, 0.717) is 6.61 Å². The number of aliphatic hydroxyl groups is 1. The zero-order chi connectivity index (χ0) is 19.6. The van der Waals surface area contributed by atoms with Crippen LogP contribution in [0.25, 0.3) is 0 Å². The molecule has 7 aliphatic rings. The Morgan fingerprint density at radius 3 is 2.00 bits per heavy atom. The van der Waals surface area contributed by atoms with Gasteiger partial charge in [-0.05, 0) is 120 Å². The van der Waals surface area contributed by atoms with Gasteiger partial charge in [-0.3, -0.25) is 0 Å². The van der Waals surface area contributed by atoms with Crippen LogP contribution in [-0.2, 0) is 0 Å². The van der Waals surface area contributed by atoms with Crippen LogP contribution in [0.3, 0.4) is 0 Å². The Morgan fingerprint density at radius 1 is 0.759 bits per heavy atom. The molecule has 14 atom stereocenters. The Bertz CT molecular complexity index is 665. The molecule has 1 nitrogen and oxygen atoms in total. The summed E-state index contributed by atoms with van der Waals surface area (Å²) in [4.78, 5) is 0. The van der Waals surface area contributed by atoms with E-state index in [1.807, 2.05) is 0 Å². The van der Waals surface area contributed by atoms with Crippen molar-refractivity contribution in [2.45, 2.75) is 72.1 Å². The first-order valence-corrected chi connectivity index (χ1v) is 13.8. The van der Waals surface area contributed by atoms with Gasteiger partial charge in [-0.15, -0.1) is 0 Å². The molecule has 7 saturated carbocycles. The van der Waals surface area contributed by atoms with Crippen molar-refractivity contribution >= 4 is 0 Å². The second kappa shape index (κ2) is 6.26. The van der Waals surface area contributed by atoms with E-state index < -0.39 is 0 Å². The maximum absolute atomic E-state index is 9.81. The molecule has 162 valence electrons. The van der Waals surface area contributed by atoms with Crippen molar-refractivity contribution in [2.75, 3.05) is 6.61 Å². The Kier molecular flexibility index (Phi) is 4.00. The fraction of sp³-hybridized carbons (Fsp3) is 1.00. The molecule has 7 fully saturated rings. The summed E-state index contributed by atoms with van der Waals surface area (Å²) < 4.78 is 0. The summed E-state index contributed by atoms with van der Waals surface area (Å²) in [5.74, 6) is 17.3. The minimum absolute atomic E-state index is 0.430. The molecule has 0 aromatic rings. The highest BCUT2D eigenvalue weighted by molar-refractivity contribution is 5.26. The maximum Gasteiger partial charge on any atom is 0.0433 e. The maximum atomic E-state index is 9.81. The molecule has 1 heteroatoms. The minimum Gasteiger partial charge on any atom is -0.396 e. The lowest BCUT2D eigenvalue weighted by Crippen LogP contribution is -2.79. The van der Waals surface area contributed by atoms with Crippen molar-refractivity contribution in [2.24, 2.45) is 94.7 Å². The van der Waals surface area contributed by atoms with Gasteiger partial charge in [0.05, 0.1) is 0 Å². The highest BCUT2D eigenvalue weighted by Crippen LogP contribution is 2.83. The molecule has 29 heavy (non-hydrogen) atoms. The predicted molar refractivity (Wildman–Crippen MR) is 117 cm³/mol. The topological polar surface area (TPSA) is 20.2 Å². The summed E-state index contributed by atoms with van der Waals surface area (Å²) in [6.45, 7) is 7.74. The molecule has 7 rings (SSSR count). The van der Waals surface area contributed by atoms with E-state index in [0.717, 1.165) is 59.7 Å². The Hall–Kier alpha value is -0.0400. The van der Waals surface area contributed by atoms with Gasteiger partial charge in [-0.2, -0.15) is 0 Å². The second-order valence-corrected chi connectivity index (χ2v) is 13.3. The summed E-state index contributed by atoms with van der Waals surface area (Å²) in [5.41, 5.74) is 0. The third-order valence-corrected chi connectivity index (χ3v) is 13.0. The molecule has 0 aromatic heterocycles. The van der Waals surface area contributed by atoms with Crippen LogP contribution in [-0.4, -0.2) is 11.7 Å². The lowest BCUT2D eigenvalue weighted by Gasteiger charge is -2.83. The molecule has 0 heterocycles. The molecule has 14 unspecified atom stereocenters. The molecule has 0 bridgehead atoms. The highest BCUT2D eigenvalue weighted by atomic mass is 16.3. The van der Waals surface area contributed by atoms with E-state index in [-0.39, 0.29) is 0 Å². The number of fused-ring (bicyclic) bond motifs is 8. The first-order chi connectivity index (χ1) is 14.2. The number of rotatable bonds is 7. The molecule has 0 amide bonds. The number of hydrogen-bond acceptors (Lipinski definition) is 1. The molecule has 7 aliphatic carbocycles. The smallest absolute Gasteiger partial charge is 0.0433 e. The highest BCUT2D eigenvalue weighted by Gasteiger charge is 2.78. The average molecular weight is 397 g/mol. The van der Waals surface area contributed by atoms with Crippen LogP contribution in [0.2, 0.25) is 0 Å². The monoisotopic (exact) mass is 396 g/mol. The van der Waals surface area contributed by atoms with Crippen LogP contribution in [0.4, 0.5) is 0 Å². The van der Waals surface area contributed by atoms with Gasteiger partial charge in [0, 0.05) is 6.61 Å². The van der Waals surface area contributed by atoms with E-state index >= 15 is 0 Å². The van der Waals surface area contributed by atoms with Crippen molar-refractivity contribution in [3.63, 3.8) is 0 Å². The number of hydrogen-bond donors (Lipinski definition) is 1. The third kappa shape index (κ3) is 2.09. The van der Waals surface area contributed by atoms with E-state index in [2.05, 4.69) is 20.8 Å². The Morgan fingerprint density at radius 2 is 1.38 bits per heavy atom. The fourth-order valence-electron chi connectivity index (χ4n) is 11.7. The first-order valence-electron chi connectivity index (χ1n) is 13.8. The number of aliphatic hydroxyl groups excluding tert-OH is 1. The quantitative estimate of drug-likeness (QED) is 0.550. The Labute approximate surface area is 178 Å². The average Bonchev–Trinajstić information content (AvgIpc) is 2.59. The van der Waals surface area contributed by atoms with Gasteiger partial charge in [0.2, 0.25) is 0 Å². The van der Waals surface area contributed by atoms with Crippen LogP contribution in [0, 0.1) is 94.7 Å². The standard InChI is InChI=1S/C28H44O/c1-4-15(13(2)3)23-16(8-9-29)24-18(11-20(23)24)19-12-22-26(19)28-25-17(14-6-5-7-14)10-21(25)27(22)28/h13-29H,4-12H2,1-3H3. The molecule has 0 spiro atoms. The molecule has 0 aliphatic heterocycles. The Balaban J connectivity index is 1.03. The first kappa shape index (κ1) is 18.5. The van der Waals surface area contributed by atoms with Gasteiger partial charge in [0.1, 0.15) is 0 Å². The molecular weight excluding hydrogens is 352 g/mol. The van der Waals surface area contributed by atoms with Gasteiger partial charge in [0.25, 0.3) is 0 Å². The third-order valence-electron chi connectivity index (χ3n) is 13.0. The summed E-state index contributed by atoms with van der Waals surface area (Å²) >= 11 is 0.